The number of carbonyl (C=O) groups excluding carboxylic acids is 1. The fraction of sp³-hybridized carbons (Fsp3) is 0.375. The molecule has 0 aromatic carbocycles. The van der Waals surface area contributed by atoms with Gasteiger partial charge in [0.15, 0.2) is 0 Å². The maximum absolute atomic E-state index is 10.6. The lowest BCUT2D eigenvalue weighted by Gasteiger charge is -2.15. The number of hydrogen-bond acceptors (Lipinski definition) is 3. The summed E-state index contributed by atoms with van der Waals surface area (Å²) in [6.07, 6.45) is 1.70. The highest BCUT2D eigenvalue weighted by Gasteiger charge is 2.12. The van der Waals surface area contributed by atoms with Crippen LogP contribution in [0.15, 0.2) is 22.0 Å². The molecule has 3 nitrogen and oxygen atoms in total. The number of halogens is 1. The molecule has 4 heteroatoms. The van der Waals surface area contributed by atoms with E-state index in [-0.39, 0.29) is 5.97 Å². The highest BCUT2D eigenvalue weighted by atomic mass is 79.9. The van der Waals surface area contributed by atoms with Crippen LogP contribution in [0.3, 0.4) is 0 Å². The van der Waals surface area contributed by atoms with Gasteiger partial charge in [-0.15, -0.1) is 0 Å². The van der Waals surface area contributed by atoms with E-state index in [1.165, 1.54) is 6.92 Å². The number of hydrogen-bond donors (Lipinski definition) is 1. The standard InChI is InChI=1S/C8H10BrNO2/c1-5-7(9)3-10-4-8(5)12-6(2)11/h4,10H,3H2,1-2H3. The summed E-state index contributed by atoms with van der Waals surface area (Å²) in [6, 6.07) is 0. The van der Waals surface area contributed by atoms with Crippen molar-refractivity contribution in [3.8, 4) is 0 Å². The molecule has 0 amide bonds. The average Bonchev–Trinajstić information content (AvgIpc) is 1.98. The summed E-state index contributed by atoms with van der Waals surface area (Å²) in [5.41, 5.74) is 0.962. The normalized spacial score (nSPS) is 16.8. The molecule has 0 saturated carbocycles. The third-order valence-electron chi connectivity index (χ3n) is 1.52. The van der Waals surface area contributed by atoms with Gasteiger partial charge in [0.2, 0.25) is 0 Å². The third-order valence-corrected chi connectivity index (χ3v) is 2.40. The van der Waals surface area contributed by atoms with Crippen LogP contribution >= 0.6 is 15.9 Å². The second-order valence-electron chi connectivity index (χ2n) is 2.51. The van der Waals surface area contributed by atoms with Gasteiger partial charge in [-0.25, -0.2) is 0 Å². The number of rotatable bonds is 1. The summed E-state index contributed by atoms with van der Waals surface area (Å²) in [7, 11) is 0. The van der Waals surface area contributed by atoms with E-state index in [1.54, 1.807) is 6.20 Å². The molecule has 0 unspecified atom stereocenters. The minimum Gasteiger partial charge on any atom is -0.425 e. The molecular formula is C8H10BrNO2. The Hall–Kier alpha value is -0.770. The topological polar surface area (TPSA) is 38.3 Å². The zero-order chi connectivity index (χ0) is 9.14. The maximum Gasteiger partial charge on any atom is 0.308 e. The quantitative estimate of drug-likeness (QED) is 0.698. The number of ether oxygens (including phenoxy) is 1. The van der Waals surface area contributed by atoms with Crippen LogP contribution in [0.25, 0.3) is 0 Å². The van der Waals surface area contributed by atoms with Crippen LogP contribution < -0.4 is 5.32 Å². The van der Waals surface area contributed by atoms with Gasteiger partial charge in [0.25, 0.3) is 0 Å². The van der Waals surface area contributed by atoms with E-state index in [0.717, 1.165) is 16.6 Å². The van der Waals surface area contributed by atoms with E-state index in [0.29, 0.717) is 5.76 Å². The van der Waals surface area contributed by atoms with Crippen LogP contribution in [0.1, 0.15) is 13.8 Å². The molecule has 1 N–H and O–H groups in total. The monoisotopic (exact) mass is 231 g/mol. The second-order valence-corrected chi connectivity index (χ2v) is 3.47. The predicted molar refractivity (Wildman–Crippen MR) is 49.5 cm³/mol. The molecule has 1 aliphatic heterocycles. The van der Waals surface area contributed by atoms with Crippen molar-refractivity contribution >= 4 is 21.9 Å². The van der Waals surface area contributed by atoms with E-state index < -0.39 is 0 Å². The van der Waals surface area contributed by atoms with Gasteiger partial charge in [-0.1, -0.05) is 15.9 Å². The second kappa shape index (κ2) is 3.76. The minimum atomic E-state index is -0.301. The Morgan fingerprint density at radius 1 is 1.75 bits per heavy atom. The van der Waals surface area contributed by atoms with Crippen LogP contribution in [-0.2, 0) is 9.53 Å². The Bertz CT molecular complexity index is 268. The minimum absolute atomic E-state index is 0.301. The van der Waals surface area contributed by atoms with Crippen molar-refractivity contribution in [2.24, 2.45) is 0 Å². The number of allylic oxidation sites excluding steroid dienone is 1. The van der Waals surface area contributed by atoms with Crippen molar-refractivity contribution in [2.75, 3.05) is 6.54 Å². The Morgan fingerprint density at radius 2 is 2.42 bits per heavy atom. The van der Waals surface area contributed by atoms with Crippen molar-refractivity contribution in [2.45, 2.75) is 13.8 Å². The molecule has 0 atom stereocenters. The molecule has 1 aliphatic rings. The molecule has 0 spiro atoms. The third kappa shape index (κ3) is 2.11. The van der Waals surface area contributed by atoms with Crippen molar-refractivity contribution in [3.63, 3.8) is 0 Å². The zero-order valence-electron chi connectivity index (χ0n) is 6.98. The Balaban J connectivity index is 2.77. The van der Waals surface area contributed by atoms with Gasteiger partial charge in [-0.05, 0) is 6.92 Å². The lowest BCUT2D eigenvalue weighted by Crippen LogP contribution is -2.17. The van der Waals surface area contributed by atoms with Crippen LogP contribution in [0, 0.1) is 0 Å². The van der Waals surface area contributed by atoms with Gasteiger partial charge < -0.3 is 10.1 Å². The SMILES string of the molecule is CC(=O)OC1=CNCC(Br)=C1C. The van der Waals surface area contributed by atoms with E-state index >= 15 is 0 Å². The first-order valence-corrected chi connectivity index (χ1v) is 4.38. The molecule has 1 heterocycles. The van der Waals surface area contributed by atoms with Crippen LogP contribution in [0.4, 0.5) is 0 Å². The molecule has 1 rings (SSSR count). The van der Waals surface area contributed by atoms with Crippen LogP contribution in [0.2, 0.25) is 0 Å². The Morgan fingerprint density at radius 3 is 3.00 bits per heavy atom. The highest BCUT2D eigenvalue weighted by Crippen LogP contribution is 2.22. The Kier molecular flexibility index (Phi) is 2.92. The predicted octanol–water partition coefficient (Wildman–Crippen LogP) is 1.66. The molecule has 0 fully saturated rings. The van der Waals surface area contributed by atoms with Gasteiger partial charge in [0.05, 0.1) is 0 Å². The maximum atomic E-state index is 10.6. The van der Waals surface area contributed by atoms with Gasteiger partial charge in [0.1, 0.15) is 5.76 Å². The van der Waals surface area contributed by atoms with Crippen molar-refractivity contribution in [1.82, 2.24) is 5.32 Å². The fourth-order valence-corrected chi connectivity index (χ4v) is 1.23. The van der Waals surface area contributed by atoms with Gasteiger partial charge >= 0.3 is 5.97 Å². The van der Waals surface area contributed by atoms with Crippen LogP contribution in [-0.4, -0.2) is 12.5 Å². The molecule has 0 aliphatic carbocycles. The fourth-order valence-electron chi connectivity index (χ4n) is 0.869. The average molecular weight is 232 g/mol. The lowest BCUT2D eigenvalue weighted by molar-refractivity contribution is -0.136. The summed E-state index contributed by atoms with van der Waals surface area (Å²) >= 11 is 3.37. The van der Waals surface area contributed by atoms with Crippen molar-refractivity contribution in [1.29, 1.82) is 0 Å². The number of carbonyl (C=O) groups is 1. The Labute approximate surface area is 79.6 Å². The lowest BCUT2D eigenvalue weighted by atomic mass is 10.2. The number of esters is 1. The van der Waals surface area contributed by atoms with Gasteiger partial charge in [-0.2, -0.15) is 0 Å². The van der Waals surface area contributed by atoms with E-state index in [9.17, 15) is 4.79 Å². The summed E-state index contributed by atoms with van der Waals surface area (Å²) in [4.78, 5) is 10.6. The largest absolute Gasteiger partial charge is 0.425 e. The summed E-state index contributed by atoms with van der Waals surface area (Å²) < 4.78 is 5.96. The summed E-state index contributed by atoms with van der Waals surface area (Å²) in [6.45, 7) is 4.03. The molecule has 12 heavy (non-hydrogen) atoms. The first kappa shape index (κ1) is 9.32. The van der Waals surface area contributed by atoms with Crippen molar-refractivity contribution in [3.05, 3.63) is 22.0 Å². The van der Waals surface area contributed by atoms with Gasteiger partial charge in [-0.3, -0.25) is 4.79 Å². The molecule has 0 saturated heterocycles. The van der Waals surface area contributed by atoms with E-state index in [2.05, 4.69) is 21.2 Å². The zero-order valence-corrected chi connectivity index (χ0v) is 8.56. The first-order chi connectivity index (χ1) is 5.61. The van der Waals surface area contributed by atoms with E-state index in [4.69, 9.17) is 4.74 Å². The number of nitrogens with one attached hydrogen (secondary N) is 1. The number of dihydropyridines is 1. The molecule has 0 radical (unpaired) electrons. The molecule has 66 valence electrons. The molecular weight excluding hydrogens is 222 g/mol. The van der Waals surface area contributed by atoms with Crippen LogP contribution in [0.5, 0.6) is 0 Å². The van der Waals surface area contributed by atoms with Gasteiger partial charge in [0, 0.05) is 29.7 Å². The smallest absolute Gasteiger partial charge is 0.308 e. The van der Waals surface area contributed by atoms with E-state index in [1.807, 2.05) is 6.92 Å². The molecule has 0 aromatic heterocycles. The summed E-state index contributed by atoms with van der Waals surface area (Å²) in [5.74, 6) is 0.283. The summed E-state index contributed by atoms with van der Waals surface area (Å²) in [5, 5.41) is 2.98. The molecule has 0 aromatic rings. The molecule has 0 bridgehead atoms. The highest BCUT2D eigenvalue weighted by molar-refractivity contribution is 9.11. The first-order valence-electron chi connectivity index (χ1n) is 3.59. The van der Waals surface area contributed by atoms with Crippen molar-refractivity contribution < 1.29 is 9.53 Å².